The van der Waals surface area contributed by atoms with Crippen molar-refractivity contribution in [3.05, 3.63) is 17.7 Å². The average Bonchev–Trinajstić information content (AvgIpc) is 2.83. The van der Waals surface area contributed by atoms with Crippen LogP contribution in [0.25, 0.3) is 0 Å². The fourth-order valence-electron chi connectivity index (χ4n) is 4.18. The molecule has 176 valence electrons. The molecule has 31 heavy (non-hydrogen) atoms. The van der Waals surface area contributed by atoms with Crippen molar-refractivity contribution < 1.29 is 18.9 Å². The van der Waals surface area contributed by atoms with Gasteiger partial charge in [0.2, 0.25) is 5.75 Å². The van der Waals surface area contributed by atoms with Crippen LogP contribution in [0.2, 0.25) is 0 Å². The van der Waals surface area contributed by atoms with Gasteiger partial charge < -0.3 is 29.6 Å². The summed E-state index contributed by atoms with van der Waals surface area (Å²) in [6.45, 7) is 9.58. The van der Waals surface area contributed by atoms with Crippen molar-refractivity contribution in [2.24, 2.45) is 10.9 Å². The Morgan fingerprint density at radius 3 is 2.13 bits per heavy atom. The second-order valence-electron chi connectivity index (χ2n) is 7.63. The number of morpholine rings is 1. The molecule has 0 aromatic heterocycles. The topological polar surface area (TPSA) is 76.6 Å². The van der Waals surface area contributed by atoms with Crippen molar-refractivity contribution >= 4 is 5.96 Å². The summed E-state index contributed by atoms with van der Waals surface area (Å²) >= 11 is 0. The molecule has 8 nitrogen and oxygen atoms in total. The summed E-state index contributed by atoms with van der Waals surface area (Å²) in [4.78, 5) is 6.97. The van der Waals surface area contributed by atoms with Crippen molar-refractivity contribution in [1.29, 1.82) is 0 Å². The molecule has 1 saturated heterocycles. The number of rotatable bonds is 11. The highest BCUT2D eigenvalue weighted by Gasteiger charge is 2.27. The predicted molar refractivity (Wildman–Crippen MR) is 125 cm³/mol. The maximum Gasteiger partial charge on any atom is 0.203 e. The highest BCUT2D eigenvalue weighted by atomic mass is 16.5. The highest BCUT2D eigenvalue weighted by molar-refractivity contribution is 5.79. The number of aliphatic imine (C=N–C) groups is 1. The fourth-order valence-corrected chi connectivity index (χ4v) is 4.18. The molecule has 0 radical (unpaired) electrons. The van der Waals surface area contributed by atoms with Gasteiger partial charge in [0.05, 0.1) is 34.5 Å². The highest BCUT2D eigenvalue weighted by Crippen LogP contribution is 2.38. The van der Waals surface area contributed by atoms with Crippen molar-refractivity contribution in [3.8, 4) is 17.2 Å². The average molecular weight is 437 g/mol. The SMILES string of the molecule is CCC(CC)C(CNC(=NC)NCc1cc(OC)c(OC)c(OC)c1)N1CCOCC1. The van der Waals surface area contributed by atoms with Crippen LogP contribution in [0.5, 0.6) is 17.2 Å². The molecule has 1 heterocycles. The summed E-state index contributed by atoms with van der Waals surface area (Å²) in [5.41, 5.74) is 1.02. The third-order valence-electron chi connectivity index (χ3n) is 5.99. The molecule has 0 spiro atoms. The van der Waals surface area contributed by atoms with Crippen LogP contribution in [0, 0.1) is 5.92 Å². The Labute approximate surface area is 187 Å². The minimum absolute atomic E-state index is 0.457. The van der Waals surface area contributed by atoms with E-state index in [0.717, 1.165) is 57.2 Å². The molecule has 1 aromatic rings. The first-order valence-corrected chi connectivity index (χ1v) is 11.2. The first-order valence-electron chi connectivity index (χ1n) is 11.2. The number of hydrogen-bond acceptors (Lipinski definition) is 6. The van der Waals surface area contributed by atoms with Crippen molar-refractivity contribution in [1.82, 2.24) is 15.5 Å². The zero-order valence-corrected chi connectivity index (χ0v) is 20.0. The summed E-state index contributed by atoms with van der Waals surface area (Å²) in [6, 6.07) is 4.35. The number of hydrogen-bond donors (Lipinski definition) is 2. The number of nitrogens with one attached hydrogen (secondary N) is 2. The van der Waals surface area contributed by atoms with Gasteiger partial charge in [-0.1, -0.05) is 26.7 Å². The van der Waals surface area contributed by atoms with Crippen molar-refractivity contribution in [2.75, 3.05) is 61.2 Å². The zero-order valence-electron chi connectivity index (χ0n) is 20.0. The van der Waals surface area contributed by atoms with Crippen LogP contribution in [0.1, 0.15) is 32.3 Å². The Bertz CT molecular complexity index is 663. The fraction of sp³-hybridized carbons (Fsp3) is 0.696. The van der Waals surface area contributed by atoms with Gasteiger partial charge in [0.15, 0.2) is 17.5 Å². The van der Waals surface area contributed by atoms with E-state index in [-0.39, 0.29) is 0 Å². The van der Waals surface area contributed by atoms with Gasteiger partial charge in [-0.2, -0.15) is 0 Å². The third-order valence-corrected chi connectivity index (χ3v) is 5.99. The number of benzene rings is 1. The van der Waals surface area contributed by atoms with Gasteiger partial charge in [-0.05, 0) is 23.6 Å². The number of guanidine groups is 1. The van der Waals surface area contributed by atoms with Crippen LogP contribution in [0.4, 0.5) is 0 Å². The van der Waals surface area contributed by atoms with Crippen LogP contribution >= 0.6 is 0 Å². The Balaban J connectivity index is 2.02. The quantitative estimate of drug-likeness (QED) is 0.408. The van der Waals surface area contributed by atoms with Crippen molar-refractivity contribution in [3.63, 3.8) is 0 Å². The summed E-state index contributed by atoms with van der Waals surface area (Å²) in [5, 5.41) is 6.94. The summed E-state index contributed by atoms with van der Waals surface area (Å²) < 4.78 is 21.9. The monoisotopic (exact) mass is 436 g/mol. The molecule has 0 aliphatic carbocycles. The predicted octanol–water partition coefficient (Wildman–Crippen LogP) is 2.51. The van der Waals surface area contributed by atoms with E-state index < -0.39 is 0 Å². The second-order valence-corrected chi connectivity index (χ2v) is 7.63. The minimum atomic E-state index is 0.457. The molecule has 1 fully saturated rings. The lowest BCUT2D eigenvalue weighted by Gasteiger charge is -2.39. The van der Waals surface area contributed by atoms with Gasteiger partial charge in [0.1, 0.15) is 0 Å². The molecular weight excluding hydrogens is 396 g/mol. The zero-order chi connectivity index (χ0) is 22.6. The molecule has 1 atom stereocenters. The molecule has 2 rings (SSSR count). The van der Waals surface area contributed by atoms with E-state index in [1.807, 2.05) is 12.1 Å². The molecule has 1 aliphatic rings. The Kier molecular flexibility index (Phi) is 10.7. The number of ether oxygens (including phenoxy) is 4. The standard InChI is InChI=1S/C23H40N4O4/c1-7-18(8-2)19(27-9-11-31-12-10-27)16-26-23(24-3)25-15-17-13-20(28-4)22(30-6)21(14-17)29-5/h13-14,18-19H,7-12,15-16H2,1-6H3,(H2,24,25,26). The maximum absolute atomic E-state index is 5.56. The molecule has 1 aliphatic heterocycles. The molecule has 0 bridgehead atoms. The lowest BCUT2D eigenvalue weighted by Crippen LogP contribution is -2.53. The first-order chi connectivity index (χ1) is 15.1. The molecule has 8 heteroatoms. The van der Waals surface area contributed by atoms with Crippen LogP contribution < -0.4 is 24.8 Å². The Hall–Kier alpha value is -2.19. The maximum atomic E-state index is 5.56. The second kappa shape index (κ2) is 13.3. The number of methoxy groups -OCH3 is 3. The molecule has 0 amide bonds. The minimum Gasteiger partial charge on any atom is -0.493 e. The first kappa shape index (κ1) is 25.1. The van der Waals surface area contributed by atoms with Gasteiger partial charge in [-0.25, -0.2) is 0 Å². The molecule has 1 aromatic carbocycles. The third kappa shape index (κ3) is 6.90. The van der Waals surface area contributed by atoms with Crippen LogP contribution in [-0.4, -0.2) is 78.1 Å². The lowest BCUT2D eigenvalue weighted by atomic mass is 9.92. The summed E-state index contributed by atoms with van der Waals surface area (Å²) in [7, 11) is 6.65. The Morgan fingerprint density at radius 2 is 1.65 bits per heavy atom. The van der Waals surface area contributed by atoms with Crippen LogP contribution in [0.15, 0.2) is 17.1 Å². The smallest absolute Gasteiger partial charge is 0.203 e. The van der Waals surface area contributed by atoms with E-state index in [1.165, 1.54) is 0 Å². The Morgan fingerprint density at radius 1 is 1.03 bits per heavy atom. The van der Waals surface area contributed by atoms with Gasteiger partial charge in [0, 0.05) is 39.3 Å². The molecular formula is C23H40N4O4. The van der Waals surface area contributed by atoms with Gasteiger partial charge in [0.25, 0.3) is 0 Å². The van der Waals surface area contributed by atoms with E-state index in [4.69, 9.17) is 18.9 Å². The van der Waals surface area contributed by atoms with Crippen LogP contribution in [0.3, 0.4) is 0 Å². The number of nitrogens with zero attached hydrogens (tertiary/aromatic N) is 2. The largest absolute Gasteiger partial charge is 0.493 e. The van der Waals surface area contributed by atoms with E-state index >= 15 is 0 Å². The van der Waals surface area contributed by atoms with Gasteiger partial charge >= 0.3 is 0 Å². The van der Waals surface area contributed by atoms with E-state index in [9.17, 15) is 0 Å². The van der Waals surface area contributed by atoms with Gasteiger partial charge in [-0.3, -0.25) is 9.89 Å². The van der Waals surface area contributed by atoms with Crippen molar-refractivity contribution in [2.45, 2.75) is 39.3 Å². The molecule has 0 saturated carbocycles. The van der Waals surface area contributed by atoms with E-state index in [0.29, 0.717) is 35.8 Å². The summed E-state index contributed by atoms with van der Waals surface area (Å²) in [5.74, 6) is 3.29. The molecule has 1 unspecified atom stereocenters. The molecule has 2 N–H and O–H groups in total. The normalized spacial score (nSPS) is 16.2. The van der Waals surface area contributed by atoms with E-state index in [1.54, 1.807) is 28.4 Å². The van der Waals surface area contributed by atoms with E-state index in [2.05, 4.69) is 34.4 Å². The van der Waals surface area contributed by atoms with Gasteiger partial charge in [-0.15, -0.1) is 0 Å². The lowest BCUT2D eigenvalue weighted by molar-refractivity contribution is 0.00272. The summed E-state index contributed by atoms with van der Waals surface area (Å²) in [6.07, 6.45) is 2.33. The van der Waals surface area contributed by atoms with Crippen LogP contribution in [-0.2, 0) is 11.3 Å².